The molecule has 0 fully saturated rings. The van der Waals surface area contributed by atoms with Crippen molar-refractivity contribution < 1.29 is 14.6 Å². The lowest BCUT2D eigenvalue weighted by Gasteiger charge is -2.34. The summed E-state index contributed by atoms with van der Waals surface area (Å²) in [6.45, 7) is 4.42. The highest BCUT2D eigenvalue weighted by atomic mass is 16.5. The molecule has 2 aromatic rings. The predicted molar refractivity (Wildman–Crippen MR) is 89.6 cm³/mol. The van der Waals surface area contributed by atoms with Crippen molar-refractivity contribution in [2.45, 2.75) is 32.5 Å². The Morgan fingerprint density at radius 3 is 2.78 bits per heavy atom. The second kappa shape index (κ2) is 6.42. The Morgan fingerprint density at radius 2 is 2.04 bits per heavy atom. The van der Waals surface area contributed by atoms with Gasteiger partial charge in [0.05, 0.1) is 24.8 Å². The number of nitrogens with zero attached hydrogens (tertiary/aromatic N) is 1. The van der Waals surface area contributed by atoms with Crippen molar-refractivity contribution in [3.05, 3.63) is 59.7 Å². The van der Waals surface area contributed by atoms with Crippen LogP contribution in [0, 0.1) is 6.92 Å². The molecule has 0 bridgehead atoms. The minimum absolute atomic E-state index is 0.0596. The summed E-state index contributed by atoms with van der Waals surface area (Å²) in [4.78, 5) is 14.4. The third kappa shape index (κ3) is 3.37. The van der Waals surface area contributed by atoms with Gasteiger partial charge in [0.15, 0.2) is 0 Å². The summed E-state index contributed by atoms with van der Waals surface area (Å²) >= 11 is 0. The fourth-order valence-corrected chi connectivity index (χ4v) is 2.85. The molecule has 1 aliphatic rings. The van der Waals surface area contributed by atoms with Gasteiger partial charge in [0, 0.05) is 0 Å². The lowest BCUT2D eigenvalue weighted by Crippen LogP contribution is -2.42. The van der Waals surface area contributed by atoms with E-state index in [4.69, 9.17) is 4.74 Å². The summed E-state index contributed by atoms with van der Waals surface area (Å²) in [6.07, 6.45) is -0.803. The number of aryl methyl sites for hydroxylation is 1. The van der Waals surface area contributed by atoms with E-state index in [2.05, 4.69) is 0 Å². The van der Waals surface area contributed by atoms with Crippen LogP contribution in [0.2, 0.25) is 0 Å². The number of hydrogen-bond acceptors (Lipinski definition) is 3. The van der Waals surface area contributed by atoms with Crippen molar-refractivity contribution in [1.29, 1.82) is 0 Å². The quantitative estimate of drug-likeness (QED) is 0.947. The van der Waals surface area contributed by atoms with Crippen molar-refractivity contribution in [2.75, 3.05) is 11.4 Å². The summed E-state index contributed by atoms with van der Waals surface area (Å²) < 4.78 is 5.80. The third-order valence-corrected chi connectivity index (χ3v) is 4.03. The average Bonchev–Trinajstić information content (AvgIpc) is 2.55. The van der Waals surface area contributed by atoms with E-state index in [0.29, 0.717) is 6.54 Å². The molecule has 0 spiro atoms. The van der Waals surface area contributed by atoms with E-state index in [-0.39, 0.29) is 18.4 Å². The molecule has 0 aliphatic carbocycles. The molecular weight excluding hydrogens is 290 g/mol. The second-order valence-corrected chi connectivity index (χ2v) is 6.03. The van der Waals surface area contributed by atoms with Gasteiger partial charge in [0.1, 0.15) is 11.9 Å². The lowest BCUT2D eigenvalue weighted by atomic mass is 10.0. The van der Waals surface area contributed by atoms with Crippen LogP contribution in [0.4, 0.5) is 5.69 Å². The topological polar surface area (TPSA) is 49.8 Å². The standard InChI is InChI=1S/C19H21NO3/c1-13-8-9-18-16(10-13)20(12-14(2)23-18)19(22)11-17(21)15-6-4-3-5-7-15/h3-10,14,17,21H,11-12H2,1-2H3. The summed E-state index contributed by atoms with van der Waals surface area (Å²) in [5, 5.41) is 10.3. The first-order chi connectivity index (χ1) is 11.0. The van der Waals surface area contributed by atoms with Crippen LogP contribution < -0.4 is 9.64 Å². The van der Waals surface area contributed by atoms with Crippen LogP contribution in [0.3, 0.4) is 0 Å². The van der Waals surface area contributed by atoms with Crippen molar-refractivity contribution in [2.24, 2.45) is 0 Å². The molecule has 0 saturated heterocycles. The summed E-state index contributed by atoms with van der Waals surface area (Å²) in [5.74, 6) is 0.625. The molecule has 4 heteroatoms. The van der Waals surface area contributed by atoms with Crippen molar-refractivity contribution >= 4 is 11.6 Å². The van der Waals surface area contributed by atoms with E-state index in [1.807, 2.05) is 62.4 Å². The fraction of sp³-hybridized carbons (Fsp3) is 0.316. The van der Waals surface area contributed by atoms with E-state index in [0.717, 1.165) is 22.6 Å². The zero-order valence-electron chi connectivity index (χ0n) is 13.4. The lowest BCUT2D eigenvalue weighted by molar-refractivity contribution is -0.121. The fourth-order valence-electron chi connectivity index (χ4n) is 2.85. The number of rotatable bonds is 3. The number of hydrogen-bond donors (Lipinski definition) is 1. The highest BCUT2D eigenvalue weighted by Gasteiger charge is 2.29. The molecule has 2 atom stereocenters. The first-order valence-corrected chi connectivity index (χ1v) is 7.85. The molecule has 23 heavy (non-hydrogen) atoms. The number of benzene rings is 2. The van der Waals surface area contributed by atoms with Crippen LogP contribution in [0.1, 0.15) is 30.6 Å². The van der Waals surface area contributed by atoms with Gasteiger partial charge in [-0.25, -0.2) is 0 Å². The molecule has 0 saturated carbocycles. The normalized spacial score (nSPS) is 18.0. The van der Waals surface area contributed by atoms with Gasteiger partial charge in [-0.15, -0.1) is 0 Å². The van der Waals surface area contributed by atoms with Gasteiger partial charge >= 0.3 is 0 Å². The monoisotopic (exact) mass is 311 g/mol. The van der Waals surface area contributed by atoms with Gasteiger partial charge in [0.2, 0.25) is 5.91 Å². The van der Waals surface area contributed by atoms with Crippen LogP contribution in [0.15, 0.2) is 48.5 Å². The van der Waals surface area contributed by atoms with Gasteiger partial charge in [-0.05, 0) is 37.1 Å². The molecule has 4 nitrogen and oxygen atoms in total. The van der Waals surface area contributed by atoms with Crippen LogP contribution in [0.5, 0.6) is 5.75 Å². The maximum absolute atomic E-state index is 12.7. The number of aliphatic hydroxyl groups is 1. The number of carbonyl (C=O) groups is 1. The van der Waals surface area contributed by atoms with E-state index < -0.39 is 6.10 Å². The SMILES string of the molecule is Cc1ccc2c(c1)N(C(=O)CC(O)c1ccccc1)CC(C)O2. The van der Waals surface area contributed by atoms with Gasteiger partial charge in [-0.3, -0.25) is 4.79 Å². The van der Waals surface area contributed by atoms with Gasteiger partial charge in [0.25, 0.3) is 0 Å². The molecule has 0 radical (unpaired) electrons. The molecule has 1 N–H and O–H groups in total. The molecule has 120 valence electrons. The van der Waals surface area contributed by atoms with Crippen LogP contribution in [-0.4, -0.2) is 23.7 Å². The number of fused-ring (bicyclic) bond motifs is 1. The number of amides is 1. The first-order valence-electron chi connectivity index (χ1n) is 7.85. The molecule has 2 aromatic carbocycles. The zero-order valence-corrected chi connectivity index (χ0v) is 13.4. The van der Waals surface area contributed by atoms with Crippen LogP contribution in [0.25, 0.3) is 0 Å². The van der Waals surface area contributed by atoms with E-state index in [9.17, 15) is 9.90 Å². The van der Waals surface area contributed by atoms with Crippen molar-refractivity contribution in [1.82, 2.24) is 0 Å². The van der Waals surface area contributed by atoms with E-state index in [1.165, 1.54) is 0 Å². The van der Waals surface area contributed by atoms with Crippen LogP contribution >= 0.6 is 0 Å². The molecule has 1 heterocycles. The highest BCUT2D eigenvalue weighted by Crippen LogP contribution is 2.35. The van der Waals surface area contributed by atoms with Crippen molar-refractivity contribution in [3.8, 4) is 5.75 Å². The Labute approximate surface area is 136 Å². The average molecular weight is 311 g/mol. The molecular formula is C19H21NO3. The minimum atomic E-state index is -0.796. The van der Waals surface area contributed by atoms with Crippen LogP contribution in [-0.2, 0) is 4.79 Å². The summed E-state index contributed by atoms with van der Waals surface area (Å²) in [6, 6.07) is 15.1. The summed E-state index contributed by atoms with van der Waals surface area (Å²) in [7, 11) is 0. The number of anilines is 1. The molecule has 1 amide bonds. The minimum Gasteiger partial charge on any atom is -0.487 e. The highest BCUT2D eigenvalue weighted by molar-refractivity contribution is 5.95. The van der Waals surface area contributed by atoms with Gasteiger partial charge in [-0.2, -0.15) is 0 Å². The predicted octanol–water partition coefficient (Wildman–Crippen LogP) is 3.23. The van der Waals surface area contributed by atoms with Crippen molar-refractivity contribution in [3.63, 3.8) is 0 Å². The van der Waals surface area contributed by atoms with E-state index in [1.54, 1.807) is 4.90 Å². The third-order valence-electron chi connectivity index (χ3n) is 4.03. The Morgan fingerprint density at radius 1 is 1.30 bits per heavy atom. The number of ether oxygens (including phenoxy) is 1. The molecule has 0 aromatic heterocycles. The largest absolute Gasteiger partial charge is 0.487 e. The molecule has 1 aliphatic heterocycles. The number of carbonyl (C=O) groups excluding carboxylic acids is 1. The van der Waals surface area contributed by atoms with Gasteiger partial charge in [-0.1, -0.05) is 36.4 Å². The smallest absolute Gasteiger partial charge is 0.230 e. The number of aliphatic hydroxyl groups excluding tert-OH is 1. The second-order valence-electron chi connectivity index (χ2n) is 6.03. The Kier molecular flexibility index (Phi) is 4.35. The van der Waals surface area contributed by atoms with E-state index >= 15 is 0 Å². The Hall–Kier alpha value is -2.33. The molecule has 2 unspecified atom stereocenters. The first kappa shape index (κ1) is 15.6. The van der Waals surface area contributed by atoms with Gasteiger partial charge < -0.3 is 14.7 Å². The molecule has 3 rings (SSSR count). The Bertz CT molecular complexity index is 699. The maximum atomic E-state index is 12.7. The Balaban J connectivity index is 1.81. The summed E-state index contributed by atoms with van der Waals surface area (Å²) in [5.41, 5.74) is 2.61. The zero-order chi connectivity index (χ0) is 16.4. The maximum Gasteiger partial charge on any atom is 0.230 e.